The Morgan fingerprint density at radius 1 is 1.48 bits per heavy atom. The standard InChI is InChI=1S/C16H19BrN2O2/c1-9-8-18-6-5-13(9)19-16(20)15-10(2)12-7-11(17)3-4-14(12)21-15/h3-4,7,9,13,18H,5-6,8H2,1-2H3,(H,19,20). The molecule has 2 N–H and O–H groups in total. The van der Waals surface area contributed by atoms with Crippen molar-refractivity contribution >= 4 is 32.8 Å². The second-order valence-electron chi connectivity index (χ2n) is 5.75. The maximum atomic E-state index is 12.5. The minimum atomic E-state index is -0.112. The molecule has 2 atom stereocenters. The molecule has 3 rings (SSSR count). The predicted molar refractivity (Wildman–Crippen MR) is 86.6 cm³/mol. The van der Waals surface area contributed by atoms with E-state index in [9.17, 15) is 4.79 Å². The normalized spacial score (nSPS) is 22.4. The third-order valence-corrected chi connectivity index (χ3v) is 4.70. The highest BCUT2D eigenvalue weighted by atomic mass is 79.9. The second kappa shape index (κ2) is 5.81. The van der Waals surface area contributed by atoms with E-state index in [2.05, 4.69) is 33.5 Å². The highest BCUT2D eigenvalue weighted by Crippen LogP contribution is 2.28. The van der Waals surface area contributed by atoms with Crippen LogP contribution in [0.4, 0.5) is 0 Å². The van der Waals surface area contributed by atoms with Gasteiger partial charge in [0.2, 0.25) is 0 Å². The molecule has 0 radical (unpaired) electrons. The van der Waals surface area contributed by atoms with E-state index < -0.39 is 0 Å². The minimum Gasteiger partial charge on any atom is -0.451 e. The molecule has 1 aromatic carbocycles. The number of carbonyl (C=O) groups excluding carboxylic acids is 1. The zero-order chi connectivity index (χ0) is 15.0. The van der Waals surface area contributed by atoms with Gasteiger partial charge in [-0.25, -0.2) is 0 Å². The zero-order valence-electron chi connectivity index (χ0n) is 12.2. The molecule has 1 fully saturated rings. The van der Waals surface area contributed by atoms with Gasteiger partial charge in [-0.15, -0.1) is 0 Å². The van der Waals surface area contributed by atoms with Gasteiger partial charge in [0.15, 0.2) is 5.76 Å². The summed E-state index contributed by atoms with van der Waals surface area (Å²) in [6, 6.07) is 5.99. The first kappa shape index (κ1) is 14.6. The van der Waals surface area contributed by atoms with Crippen LogP contribution in [0.15, 0.2) is 27.1 Å². The fourth-order valence-corrected chi connectivity index (χ4v) is 3.23. The van der Waals surface area contributed by atoms with Gasteiger partial charge >= 0.3 is 0 Å². The van der Waals surface area contributed by atoms with E-state index in [4.69, 9.17) is 4.42 Å². The summed E-state index contributed by atoms with van der Waals surface area (Å²) in [6.45, 7) is 5.97. The smallest absolute Gasteiger partial charge is 0.287 e. The molecule has 0 saturated carbocycles. The molecule has 0 bridgehead atoms. The Bertz CT molecular complexity index is 680. The number of aryl methyl sites for hydroxylation is 1. The molecule has 21 heavy (non-hydrogen) atoms. The molecule has 2 heterocycles. The van der Waals surface area contributed by atoms with E-state index in [0.717, 1.165) is 40.5 Å². The third-order valence-electron chi connectivity index (χ3n) is 4.21. The summed E-state index contributed by atoms with van der Waals surface area (Å²) in [4.78, 5) is 12.5. The number of hydrogen-bond acceptors (Lipinski definition) is 3. The van der Waals surface area contributed by atoms with E-state index in [1.807, 2.05) is 25.1 Å². The summed E-state index contributed by atoms with van der Waals surface area (Å²) in [5.41, 5.74) is 1.64. The first-order valence-electron chi connectivity index (χ1n) is 7.26. The molecule has 4 nitrogen and oxygen atoms in total. The van der Waals surface area contributed by atoms with E-state index in [-0.39, 0.29) is 11.9 Å². The monoisotopic (exact) mass is 350 g/mol. The maximum Gasteiger partial charge on any atom is 0.287 e. The Morgan fingerprint density at radius 2 is 2.29 bits per heavy atom. The molecule has 1 amide bonds. The zero-order valence-corrected chi connectivity index (χ0v) is 13.8. The Labute approximate surface area is 132 Å². The summed E-state index contributed by atoms with van der Waals surface area (Å²) in [5.74, 6) is 0.744. The van der Waals surface area contributed by atoms with Gasteiger partial charge in [0.1, 0.15) is 5.58 Å². The average molecular weight is 351 g/mol. The summed E-state index contributed by atoms with van der Waals surface area (Å²) in [7, 11) is 0. The molecule has 5 heteroatoms. The van der Waals surface area contributed by atoms with Crippen LogP contribution >= 0.6 is 15.9 Å². The van der Waals surface area contributed by atoms with Crippen molar-refractivity contribution in [3.63, 3.8) is 0 Å². The summed E-state index contributed by atoms with van der Waals surface area (Å²) >= 11 is 3.45. The van der Waals surface area contributed by atoms with Crippen molar-refractivity contribution in [2.24, 2.45) is 5.92 Å². The van der Waals surface area contributed by atoms with Crippen LogP contribution in [0, 0.1) is 12.8 Å². The average Bonchev–Trinajstić information content (AvgIpc) is 2.79. The van der Waals surface area contributed by atoms with Gasteiger partial charge in [-0.2, -0.15) is 0 Å². The fourth-order valence-electron chi connectivity index (χ4n) is 2.87. The van der Waals surface area contributed by atoms with Crippen molar-refractivity contribution in [1.82, 2.24) is 10.6 Å². The van der Waals surface area contributed by atoms with Crippen LogP contribution in [0.1, 0.15) is 29.5 Å². The van der Waals surface area contributed by atoms with Crippen LogP contribution in [0.25, 0.3) is 11.0 Å². The van der Waals surface area contributed by atoms with Crippen molar-refractivity contribution in [2.75, 3.05) is 13.1 Å². The molecular weight excluding hydrogens is 332 g/mol. The van der Waals surface area contributed by atoms with E-state index in [1.54, 1.807) is 0 Å². The maximum absolute atomic E-state index is 12.5. The topological polar surface area (TPSA) is 54.3 Å². The number of piperidine rings is 1. The first-order valence-corrected chi connectivity index (χ1v) is 8.06. The molecule has 1 aromatic heterocycles. The van der Waals surface area contributed by atoms with Crippen LogP contribution in [-0.4, -0.2) is 25.0 Å². The number of fused-ring (bicyclic) bond motifs is 1. The molecule has 112 valence electrons. The Morgan fingerprint density at radius 3 is 3.05 bits per heavy atom. The van der Waals surface area contributed by atoms with Gasteiger partial charge in [0, 0.05) is 21.5 Å². The van der Waals surface area contributed by atoms with Crippen LogP contribution < -0.4 is 10.6 Å². The highest BCUT2D eigenvalue weighted by molar-refractivity contribution is 9.10. The Hall–Kier alpha value is -1.33. The van der Waals surface area contributed by atoms with E-state index in [0.29, 0.717) is 11.7 Å². The second-order valence-corrected chi connectivity index (χ2v) is 6.66. The van der Waals surface area contributed by atoms with Crippen molar-refractivity contribution in [3.8, 4) is 0 Å². The third kappa shape index (κ3) is 2.85. The van der Waals surface area contributed by atoms with E-state index >= 15 is 0 Å². The SMILES string of the molecule is Cc1c(C(=O)NC2CCNCC2C)oc2ccc(Br)cc12. The summed E-state index contributed by atoms with van der Waals surface area (Å²) < 4.78 is 6.73. The number of nitrogens with one attached hydrogen (secondary N) is 2. The molecule has 0 spiro atoms. The molecule has 1 saturated heterocycles. The van der Waals surface area contributed by atoms with Gasteiger partial charge in [-0.1, -0.05) is 22.9 Å². The minimum absolute atomic E-state index is 0.112. The van der Waals surface area contributed by atoms with Crippen LogP contribution in [0.3, 0.4) is 0 Å². The number of halogens is 1. The van der Waals surface area contributed by atoms with Gasteiger partial charge < -0.3 is 15.1 Å². The lowest BCUT2D eigenvalue weighted by Crippen LogP contribution is -2.48. The number of benzene rings is 1. The van der Waals surface area contributed by atoms with Crippen molar-refractivity contribution in [3.05, 3.63) is 34.0 Å². The van der Waals surface area contributed by atoms with Crippen LogP contribution in [0.5, 0.6) is 0 Å². The quantitative estimate of drug-likeness (QED) is 0.874. The number of hydrogen-bond donors (Lipinski definition) is 2. The first-order chi connectivity index (χ1) is 10.1. The number of furan rings is 1. The molecule has 0 aliphatic carbocycles. The van der Waals surface area contributed by atoms with Crippen molar-refractivity contribution in [2.45, 2.75) is 26.3 Å². The Balaban J connectivity index is 1.86. The number of amides is 1. The fraction of sp³-hybridized carbons (Fsp3) is 0.438. The number of rotatable bonds is 2. The van der Waals surface area contributed by atoms with Crippen LogP contribution in [0.2, 0.25) is 0 Å². The molecule has 1 aliphatic rings. The highest BCUT2D eigenvalue weighted by Gasteiger charge is 2.25. The van der Waals surface area contributed by atoms with Crippen LogP contribution in [-0.2, 0) is 0 Å². The molecule has 1 aliphatic heterocycles. The summed E-state index contributed by atoms with van der Waals surface area (Å²) in [5, 5.41) is 7.43. The van der Waals surface area contributed by atoms with Crippen molar-refractivity contribution in [1.29, 1.82) is 0 Å². The molecule has 2 unspecified atom stereocenters. The van der Waals surface area contributed by atoms with E-state index in [1.165, 1.54) is 0 Å². The predicted octanol–water partition coefficient (Wildman–Crippen LogP) is 3.23. The number of carbonyl (C=O) groups is 1. The van der Waals surface area contributed by atoms with Gasteiger partial charge in [-0.3, -0.25) is 4.79 Å². The van der Waals surface area contributed by atoms with Gasteiger partial charge in [0.05, 0.1) is 0 Å². The lowest BCUT2D eigenvalue weighted by atomic mass is 9.95. The van der Waals surface area contributed by atoms with Gasteiger partial charge in [0.25, 0.3) is 5.91 Å². The molecular formula is C16H19BrN2O2. The lowest BCUT2D eigenvalue weighted by Gasteiger charge is -2.29. The summed E-state index contributed by atoms with van der Waals surface area (Å²) in [6.07, 6.45) is 0.956. The lowest BCUT2D eigenvalue weighted by molar-refractivity contribution is 0.0887. The van der Waals surface area contributed by atoms with Crippen molar-refractivity contribution < 1.29 is 9.21 Å². The molecule has 2 aromatic rings. The largest absolute Gasteiger partial charge is 0.451 e. The Kier molecular flexibility index (Phi) is 4.04. The van der Waals surface area contributed by atoms with Gasteiger partial charge in [-0.05, 0) is 50.6 Å².